The second kappa shape index (κ2) is 12.6. The Morgan fingerprint density at radius 3 is 2.49 bits per heavy atom. The Labute approximate surface area is 271 Å². The highest BCUT2D eigenvalue weighted by atomic mass is 79.9. The van der Waals surface area contributed by atoms with Gasteiger partial charge in [0.05, 0.1) is 37.2 Å². The van der Waals surface area contributed by atoms with Crippen LogP contribution in [-0.2, 0) is 25.5 Å². The van der Waals surface area contributed by atoms with Crippen LogP contribution in [0.25, 0.3) is 0 Å². The van der Waals surface area contributed by atoms with Gasteiger partial charge in [-0.1, -0.05) is 58.4 Å². The minimum Gasteiger partial charge on any atom is -0.494 e. The Balaban J connectivity index is 1.37. The molecule has 3 aliphatic rings. The van der Waals surface area contributed by atoms with E-state index in [1.807, 2.05) is 69.3 Å². The number of halogens is 1. The molecule has 3 aliphatic heterocycles. The van der Waals surface area contributed by atoms with Crippen molar-refractivity contribution >= 4 is 45.0 Å². The van der Waals surface area contributed by atoms with Crippen molar-refractivity contribution in [2.45, 2.75) is 62.2 Å². The predicted octanol–water partition coefficient (Wildman–Crippen LogP) is 4.63. The van der Waals surface area contributed by atoms with Gasteiger partial charge in [0.2, 0.25) is 17.7 Å². The summed E-state index contributed by atoms with van der Waals surface area (Å²) in [6.07, 6.45) is 0.0938. The lowest BCUT2D eigenvalue weighted by Gasteiger charge is -2.37. The van der Waals surface area contributed by atoms with Gasteiger partial charge in [0, 0.05) is 16.2 Å². The molecule has 3 aromatic rings. The third kappa shape index (κ3) is 5.64. The van der Waals surface area contributed by atoms with Crippen molar-refractivity contribution in [3.05, 3.63) is 89.5 Å². The molecule has 3 amide bonds. The molecule has 10 heteroatoms. The fourth-order valence-electron chi connectivity index (χ4n) is 7.30. The number of hydrogen-bond acceptors (Lipinski definition) is 6. The minimum absolute atomic E-state index is 0.254. The summed E-state index contributed by atoms with van der Waals surface area (Å²) >= 11 is 3.73. The molecule has 6 rings (SSSR count). The zero-order valence-electron chi connectivity index (χ0n) is 25.5. The molecule has 3 fully saturated rings. The van der Waals surface area contributed by atoms with E-state index in [-0.39, 0.29) is 23.2 Å². The fourth-order valence-corrected chi connectivity index (χ4v) is 8.24. The second-order valence-corrected chi connectivity index (χ2v) is 13.4. The predicted molar refractivity (Wildman–Crippen MR) is 174 cm³/mol. The van der Waals surface area contributed by atoms with Crippen LogP contribution in [0.1, 0.15) is 30.0 Å². The Hall–Kier alpha value is -3.73. The van der Waals surface area contributed by atoms with Crippen LogP contribution in [0, 0.1) is 25.7 Å². The number of alkyl halides is 1. The lowest BCUT2D eigenvalue weighted by molar-refractivity contribution is -0.143. The zero-order chi connectivity index (χ0) is 31.9. The largest absolute Gasteiger partial charge is 0.494 e. The summed E-state index contributed by atoms with van der Waals surface area (Å²) in [7, 11) is 0. The van der Waals surface area contributed by atoms with Crippen molar-refractivity contribution in [1.82, 2.24) is 4.90 Å². The molecule has 3 aromatic carbocycles. The van der Waals surface area contributed by atoms with Crippen LogP contribution in [-0.4, -0.2) is 69.6 Å². The number of aryl methyl sites for hydroxylation is 2. The summed E-state index contributed by atoms with van der Waals surface area (Å²) in [4.78, 5) is 44.2. The van der Waals surface area contributed by atoms with Gasteiger partial charge in [-0.05, 0) is 80.6 Å². The molecule has 3 saturated heterocycles. The number of carbonyl (C=O) groups excluding carboxylic acids is 3. The Morgan fingerprint density at radius 1 is 1.07 bits per heavy atom. The number of carbonyl (C=O) groups is 3. The summed E-state index contributed by atoms with van der Waals surface area (Å²) in [5.74, 6) is -2.19. The molecular weight excluding hydrogens is 638 g/mol. The molecule has 236 valence electrons. The first-order chi connectivity index (χ1) is 21.7. The van der Waals surface area contributed by atoms with Crippen LogP contribution in [0.5, 0.6) is 5.75 Å². The van der Waals surface area contributed by atoms with Crippen LogP contribution in [0.2, 0.25) is 0 Å². The number of ether oxygens (including phenoxy) is 2. The van der Waals surface area contributed by atoms with E-state index in [2.05, 4.69) is 26.6 Å². The van der Waals surface area contributed by atoms with E-state index in [9.17, 15) is 19.5 Å². The van der Waals surface area contributed by atoms with Gasteiger partial charge in [0.1, 0.15) is 17.4 Å². The summed E-state index contributed by atoms with van der Waals surface area (Å²) in [6, 6.07) is 20.6. The fraction of sp³-hybridized carbons (Fsp3) is 0.400. The van der Waals surface area contributed by atoms with Crippen LogP contribution in [0.3, 0.4) is 0 Å². The topological polar surface area (TPSA) is 117 Å². The second-order valence-electron chi connectivity index (χ2n) is 12.2. The molecule has 9 nitrogen and oxygen atoms in total. The average molecular weight is 677 g/mol. The van der Waals surface area contributed by atoms with E-state index in [1.165, 1.54) is 4.90 Å². The molecule has 0 aliphatic carbocycles. The van der Waals surface area contributed by atoms with Gasteiger partial charge in [0.25, 0.3) is 0 Å². The van der Waals surface area contributed by atoms with Crippen LogP contribution >= 0.6 is 15.9 Å². The van der Waals surface area contributed by atoms with Crippen LogP contribution < -0.4 is 15.4 Å². The molecule has 3 unspecified atom stereocenters. The summed E-state index contributed by atoms with van der Waals surface area (Å²) in [5.41, 5.74) is 2.72. The van der Waals surface area contributed by atoms with Crippen molar-refractivity contribution in [3.8, 4) is 5.75 Å². The lowest BCUT2D eigenvalue weighted by atomic mass is 9.70. The number of aliphatic hydroxyl groups excluding tert-OH is 1. The van der Waals surface area contributed by atoms with Crippen molar-refractivity contribution in [3.63, 3.8) is 0 Å². The molecule has 45 heavy (non-hydrogen) atoms. The maximum atomic E-state index is 14.6. The molecule has 3 heterocycles. The number of fused-ring (bicyclic) bond motifs is 1. The Kier molecular flexibility index (Phi) is 8.74. The monoisotopic (exact) mass is 675 g/mol. The third-order valence-corrected chi connectivity index (χ3v) is 10.1. The molecular formula is C35H38BrN3O6. The normalized spacial score (nSPS) is 27.3. The number of hydrogen-bond donors (Lipinski definition) is 3. The smallest absolute Gasteiger partial charge is 0.250 e. The highest BCUT2D eigenvalue weighted by molar-refractivity contribution is 9.09. The highest BCUT2D eigenvalue weighted by Crippen LogP contribution is 2.60. The molecule has 0 aromatic heterocycles. The van der Waals surface area contributed by atoms with Crippen LogP contribution in [0.4, 0.5) is 11.4 Å². The van der Waals surface area contributed by atoms with E-state index < -0.39 is 41.5 Å². The summed E-state index contributed by atoms with van der Waals surface area (Å²) in [5, 5.41) is 16.7. The van der Waals surface area contributed by atoms with Gasteiger partial charge in [0.15, 0.2) is 0 Å². The number of benzene rings is 3. The molecule has 3 N–H and O–H groups in total. The van der Waals surface area contributed by atoms with Gasteiger partial charge in [-0.25, -0.2) is 0 Å². The molecule has 1 spiro atoms. The number of nitrogens with one attached hydrogen (secondary N) is 2. The Bertz CT molecular complexity index is 1580. The number of anilines is 2. The highest BCUT2D eigenvalue weighted by Gasteiger charge is 2.77. The number of nitrogens with zero attached hydrogens (tertiary/aromatic N) is 1. The summed E-state index contributed by atoms with van der Waals surface area (Å²) < 4.78 is 12.2. The Morgan fingerprint density at radius 2 is 1.80 bits per heavy atom. The van der Waals surface area contributed by atoms with Crippen LogP contribution in [0.15, 0.2) is 72.8 Å². The van der Waals surface area contributed by atoms with E-state index in [4.69, 9.17) is 9.47 Å². The van der Waals surface area contributed by atoms with Crippen molar-refractivity contribution in [2.24, 2.45) is 11.8 Å². The van der Waals surface area contributed by atoms with E-state index >= 15 is 0 Å². The number of rotatable bonds is 10. The standard InChI is InChI=1S/C35H38BrN3O6/c1-4-44-25-14-12-23(13-15-25)37-32(41)28-29-34(43)39(24(19-40)17-22-8-6-5-7-9-22)31(35(29)18-26(36)30(28)45-35)33(42)38-27-16-20(2)10-11-21(27)3/h5-16,24,26,28-31,40H,4,17-19H2,1-3H3,(H,37,41)(H,38,42)/t24-,26?,28+,29+,30+,31?,35?/m1/s1. The summed E-state index contributed by atoms with van der Waals surface area (Å²) in [6.45, 7) is 5.92. The first-order valence-corrected chi connectivity index (χ1v) is 16.3. The average Bonchev–Trinajstić information content (AvgIpc) is 3.62. The molecule has 2 bridgehead atoms. The van der Waals surface area contributed by atoms with Crippen molar-refractivity contribution in [2.75, 3.05) is 23.8 Å². The van der Waals surface area contributed by atoms with E-state index in [0.29, 0.717) is 36.6 Å². The van der Waals surface area contributed by atoms with Gasteiger partial charge in [-0.15, -0.1) is 0 Å². The van der Waals surface area contributed by atoms with Gasteiger partial charge in [-0.3, -0.25) is 14.4 Å². The third-order valence-electron chi connectivity index (χ3n) is 9.28. The minimum atomic E-state index is -1.26. The van der Waals surface area contributed by atoms with E-state index in [1.54, 1.807) is 24.3 Å². The van der Waals surface area contributed by atoms with Crippen molar-refractivity contribution < 1.29 is 29.0 Å². The number of likely N-dealkylation sites (tertiary alicyclic amines) is 1. The number of aliphatic hydroxyl groups is 1. The lowest BCUT2D eigenvalue weighted by Crippen LogP contribution is -2.57. The zero-order valence-corrected chi connectivity index (χ0v) is 27.1. The molecule has 0 radical (unpaired) electrons. The first-order valence-electron chi connectivity index (χ1n) is 15.4. The number of amides is 3. The van der Waals surface area contributed by atoms with Gasteiger partial charge >= 0.3 is 0 Å². The quantitative estimate of drug-likeness (QED) is 0.270. The maximum absolute atomic E-state index is 14.6. The molecule has 0 saturated carbocycles. The first kappa shape index (κ1) is 31.3. The van der Waals surface area contributed by atoms with Crippen molar-refractivity contribution in [1.29, 1.82) is 0 Å². The SMILES string of the molecule is CCOc1ccc(NC(=O)[C@H]2[C@H]3C(=O)N([C@@H](CO)Cc4ccccc4)C(C(=O)Nc4cc(C)ccc4C)C34CC(Br)[C@@H]2O4)cc1. The maximum Gasteiger partial charge on any atom is 0.250 e. The van der Waals surface area contributed by atoms with Gasteiger partial charge in [-0.2, -0.15) is 0 Å². The van der Waals surface area contributed by atoms with E-state index in [0.717, 1.165) is 16.7 Å². The molecule has 7 atom stereocenters. The van der Waals surface area contributed by atoms with Gasteiger partial charge < -0.3 is 30.1 Å².